The van der Waals surface area contributed by atoms with Gasteiger partial charge >= 0.3 is 5.97 Å². The third-order valence-corrected chi connectivity index (χ3v) is 5.96. The first-order valence-electron chi connectivity index (χ1n) is 8.46. The fourth-order valence-corrected chi connectivity index (χ4v) is 4.80. The van der Waals surface area contributed by atoms with Crippen LogP contribution in [0, 0.1) is 11.6 Å². The molecule has 2 heterocycles. The second-order valence-electron chi connectivity index (χ2n) is 6.49. The van der Waals surface area contributed by atoms with Crippen LogP contribution in [0.4, 0.5) is 8.78 Å². The normalized spacial score (nSPS) is 19.1. The van der Waals surface area contributed by atoms with Gasteiger partial charge in [-0.15, -0.1) is 11.3 Å². The predicted molar refractivity (Wildman–Crippen MR) is 97.4 cm³/mol. The van der Waals surface area contributed by atoms with Gasteiger partial charge < -0.3 is 5.11 Å². The highest BCUT2D eigenvalue weighted by Gasteiger charge is 2.38. The number of aliphatic carboxylic acids is 1. The van der Waals surface area contributed by atoms with Crippen LogP contribution in [-0.4, -0.2) is 28.6 Å². The third kappa shape index (κ3) is 2.89. The molecule has 134 valence electrons. The fourth-order valence-electron chi connectivity index (χ4n) is 3.82. The molecule has 0 bridgehead atoms. The summed E-state index contributed by atoms with van der Waals surface area (Å²) in [5, 5.41) is 12.5. The molecule has 2 atom stereocenters. The molecule has 2 aromatic carbocycles. The lowest BCUT2D eigenvalue weighted by Gasteiger charge is -2.32. The van der Waals surface area contributed by atoms with Gasteiger partial charge in [0.15, 0.2) is 0 Å². The average Bonchev–Trinajstić information content (AvgIpc) is 3.25. The molecular formula is C20H17F2NO2S. The molecule has 3 aromatic rings. The molecule has 0 spiro atoms. The summed E-state index contributed by atoms with van der Waals surface area (Å²) in [5.41, 5.74) is 1.17. The lowest BCUT2D eigenvalue weighted by Crippen LogP contribution is -2.39. The molecule has 0 saturated carbocycles. The maximum atomic E-state index is 14.7. The van der Waals surface area contributed by atoms with Crippen molar-refractivity contribution in [3.05, 3.63) is 70.6 Å². The van der Waals surface area contributed by atoms with Crippen molar-refractivity contribution in [3.8, 4) is 0 Å². The Morgan fingerprint density at radius 1 is 1.19 bits per heavy atom. The summed E-state index contributed by atoms with van der Waals surface area (Å²) in [6, 6.07) is 10.1. The summed E-state index contributed by atoms with van der Waals surface area (Å²) in [6.07, 6.45) is 1.26. The quantitative estimate of drug-likeness (QED) is 0.713. The van der Waals surface area contributed by atoms with Crippen molar-refractivity contribution in [2.45, 2.75) is 24.9 Å². The lowest BCUT2D eigenvalue weighted by molar-refractivity contribution is -0.142. The summed E-state index contributed by atoms with van der Waals surface area (Å²) >= 11 is 1.54. The van der Waals surface area contributed by atoms with E-state index in [1.807, 2.05) is 34.5 Å². The van der Waals surface area contributed by atoms with E-state index in [1.54, 1.807) is 11.3 Å². The maximum Gasteiger partial charge on any atom is 0.320 e. The Morgan fingerprint density at radius 2 is 2.00 bits per heavy atom. The van der Waals surface area contributed by atoms with E-state index in [-0.39, 0.29) is 0 Å². The van der Waals surface area contributed by atoms with Crippen LogP contribution in [0.15, 0.2) is 47.8 Å². The lowest BCUT2D eigenvalue weighted by atomic mass is 9.95. The van der Waals surface area contributed by atoms with E-state index in [1.165, 1.54) is 12.1 Å². The van der Waals surface area contributed by atoms with Crippen LogP contribution < -0.4 is 0 Å². The SMILES string of the molecule is O=C(O)C1CCCN1C(c1ccc(F)cc1F)c1csc2ccccc12. The molecule has 4 rings (SSSR count). The number of hydrogen-bond acceptors (Lipinski definition) is 3. The molecule has 1 saturated heterocycles. The molecule has 3 nitrogen and oxygen atoms in total. The van der Waals surface area contributed by atoms with Crippen LogP contribution in [0.2, 0.25) is 0 Å². The van der Waals surface area contributed by atoms with Crippen molar-refractivity contribution in [2.24, 2.45) is 0 Å². The number of thiophene rings is 1. The summed E-state index contributed by atoms with van der Waals surface area (Å²) in [5.74, 6) is -2.20. The molecule has 0 radical (unpaired) electrons. The predicted octanol–water partition coefficient (Wildman–Crippen LogP) is 4.82. The van der Waals surface area contributed by atoms with Crippen LogP contribution in [0.1, 0.15) is 30.0 Å². The van der Waals surface area contributed by atoms with E-state index in [4.69, 9.17) is 0 Å². The number of nitrogens with zero attached hydrogens (tertiary/aromatic N) is 1. The topological polar surface area (TPSA) is 40.5 Å². The Labute approximate surface area is 153 Å². The minimum Gasteiger partial charge on any atom is -0.480 e. The van der Waals surface area contributed by atoms with Crippen LogP contribution >= 0.6 is 11.3 Å². The van der Waals surface area contributed by atoms with Crippen molar-refractivity contribution in [1.82, 2.24) is 4.90 Å². The number of benzene rings is 2. The van der Waals surface area contributed by atoms with Gasteiger partial charge in [0.25, 0.3) is 0 Å². The second kappa shape index (κ2) is 6.78. The van der Waals surface area contributed by atoms with E-state index < -0.39 is 29.7 Å². The van der Waals surface area contributed by atoms with E-state index in [9.17, 15) is 18.7 Å². The Bertz CT molecular complexity index is 971. The molecule has 6 heteroatoms. The molecule has 0 aliphatic carbocycles. The van der Waals surface area contributed by atoms with Gasteiger partial charge in [0.2, 0.25) is 0 Å². The summed E-state index contributed by atoms with van der Waals surface area (Å²) in [7, 11) is 0. The van der Waals surface area contributed by atoms with Crippen LogP contribution in [0.5, 0.6) is 0 Å². The second-order valence-corrected chi connectivity index (χ2v) is 7.40. The van der Waals surface area contributed by atoms with Gasteiger partial charge in [0.1, 0.15) is 17.7 Å². The average molecular weight is 373 g/mol. The highest BCUT2D eigenvalue weighted by Crippen LogP contribution is 2.41. The van der Waals surface area contributed by atoms with Gasteiger partial charge in [0, 0.05) is 22.9 Å². The molecule has 1 fully saturated rings. The highest BCUT2D eigenvalue weighted by atomic mass is 32.1. The highest BCUT2D eigenvalue weighted by molar-refractivity contribution is 7.17. The van der Waals surface area contributed by atoms with E-state index in [0.29, 0.717) is 18.5 Å². The number of fused-ring (bicyclic) bond motifs is 1. The summed E-state index contributed by atoms with van der Waals surface area (Å²) in [6.45, 7) is 0.558. The maximum absolute atomic E-state index is 14.7. The van der Waals surface area contributed by atoms with Crippen LogP contribution in [0.25, 0.3) is 10.1 Å². The molecular weight excluding hydrogens is 356 g/mol. The number of rotatable bonds is 4. The third-order valence-electron chi connectivity index (χ3n) is 4.97. The van der Waals surface area contributed by atoms with Crippen molar-refractivity contribution in [1.29, 1.82) is 0 Å². The number of carboxylic acid groups (broad SMARTS) is 1. The van der Waals surface area contributed by atoms with E-state index in [0.717, 1.165) is 28.1 Å². The molecule has 1 N–H and O–H groups in total. The van der Waals surface area contributed by atoms with Crippen molar-refractivity contribution in [3.63, 3.8) is 0 Å². The van der Waals surface area contributed by atoms with Gasteiger partial charge in [-0.05, 0) is 41.3 Å². The molecule has 26 heavy (non-hydrogen) atoms. The molecule has 1 aliphatic rings. The first kappa shape index (κ1) is 17.1. The number of carboxylic acids is 1. The molecule has 2 unspecified atom stereocenters. The number of halogens is 2. The van der Waals surface area contributed by atoms with Gasteiger partial charge in [-0.1, -0.05) is 24.3 Å². The van der Waals surface area contributed by atoms with Crippen LogP contribution in [-0.2, 0) is 4.79 Å². The Morgan fingerprint density at radius 3 is 2.77 bits per heavy atom. The zero-order valence-corrected chi connectivity index (χ0v) is 14.7. The van der Waals surface area contributed by atoms with E-state index in [2.05, 4.69) is 0 Å². The first-order chi connectivity index (χ1) is 12.6. The molecule has 1 aromatic heterocycles. The number of carbonyl (C=O) groups is 1. The van der Waals surface area contributed by atoms with Gasteiger partial charge in [0.05, 0.1) is 6.04 Å². The van der Waals surface area contributed by atoms with Crippen molar-refractivity contribution >= 4 is 27.4 Å². The number of likely N-dealkylation sites (tertiary alicyclic amines) is 1. The number of hydrogen-bond donors (Lipinski definition) is 1. The Balaban J connectivity index is 1.91. The zero-order chi connectivity index (χ0) is 18.3. The molecule has 0 amide bonds. The summed E-state index contributed by atoms with van der Waals surface area (Å²) in [4.78, 5) is 13.6. The first-order valence-corrected chi connectivity index (χ1v) is 9.34. The smallest absolute Gasteiger partial charge is 0.320 e. The molecule has 1 aliphatic heterocycles. The summed E-state index contributed by atoms with van der Waals surface area (Å²) < 4.78 is 29.2. The van der Waals surface area contributed by atoms with Crippen molar-refractivity contribution < 1.29 is 18.7 Å². The van der Waals surface area contributed by atoms with Crippen LogP contribution in [0.3, 0.4) is 0 Å². The van der Waals surface area contributed by atoms with Gasteiger partial charge in [-0.2, -0.15) is 0 Å². The van der Waals surface area contributed by atoms with Gasteiger partial charge in [-0.3, -0.25) is 9.69 Å². The Kier molecular flexibility index (Phi) is 4.46. The standard InChI is InChI=1S/C20H17F2NO2S/c21-12-7-8-14(16(22)10-12)19(23-9-3-5-17(23)20(24)25)15-11-26-18-6-2-1-4-13(15)18/h1-2,4,6-8,10-11,17,19H,3,5,9H2,(H,24,25). The zero-order valence-electron chi connectivity index (χ0n) is 13.9. The van der Waals surface area contributed by atoms with Crippen molar-refractivity contribution in [2.75, 3.05) is 6.54 Å². The Hall–Kier alpha value is -2.31. The van der Waals surface area contributed by atoms with Gasteiger partial charge in [-0.25, -0.2) is 8.78 Å². The minimum atomic E-state index is -0.908. The monoisotopic (exact) mass is 373 g/mol. The van der Waals surface area contributed by atoms with E-state index >= 15 is 0 Å². The largest absolute Gasteiger partial charge is 0.480 e. The fraction of sp³-hybridized carbons (Fsp3) is 0.250. The minimum absolute atomic E-state index is 0.308.